The van der Waals surface area contributed by atoms with Gasteiger partial charge in [0, 0.05) is 26.1 Å². The molecule has 0 saturated heterocycles. The average Bonchev–Trinajstić information content (AvgIpc) is 2.99. The first kappa shape index (κ1) is 13.1. The van der Waals surface area contributed by atoms with Crippen molar-refractivity contribution in [3.05, 3.63) is 42.0 Å². The summed E-state index contributed by atoms with van der Waals surface area (Å²) < 4.78 is 16.9. The molecule has 0 bridgehead atoms. The Morgan fingerprint density at radius 1 is 1.35 bits per heavy atom. The molecule has 0 unspecified atom stereocenters. The molecule has 0 aliphatic carbocycles. The molecule has 0 aliphatic rings. The van der Waals surface area contributed by atoms with Crippen LogP contribution in [0.4, 0.5) is 4.39 Å². The number of hydrogen-bond donors (Lipinski definition) is 0. The molecular weight excluding hydrogens is 281 g/mol. The molecule has 0 spiro atoms. The third-order valence-electron chi connectivity index (χ3n) is 3.11. The molecule has 20 heavy (non-hydrogen) atoms. The van der Waals surface area contributed by atoms with Gasteiger partial charge in [0.15, 0.2) is 5.82 Å². The molecule has 2 heterocycles. The van der Waals surface area contributed by atoms with E-state index in [1.54, 1.807) is 17.1 Å². The summed E-state index contributed by atoms with van der Waals surface area (Å²) >= 11 is 5.92. The van der Waals surface area contributed by atoms with E-state index in [0.29, 0.717) is 18.5 Å². The van der Waals surface area contributed by atoms with Crippen molar-refractivity contribution in [2.24, 2.45) is 7.05 Å². The largest absolute Gasteiger partial charge is 0.327 e. The number of hydrogen-bond acceptors (Lipinski definition) is 3. The fourth-order valence-electron chi connectivity index (χ4n) is 2.21. The van der Waals surface area contributed by atoms with Crippen molar-refractivity contribution >= 4 is 22.6 Å². The van der Waals surface area contributed by atoms with Gasteiger partial charge in [-0.1, -0.05) is 0 Å². The van der Waals surface area contributed by atoms with E-state index in [2.05, 4.69) is 15.1 Å². The second kappa shape index (κ2) is 5.20. The van der Waals surface area contributed by atoms with Gasteiger partial charge in [0.1, 0.15) is 18.0 Å². The van der Waals surface area contributed by atoms with E-state index in [4.69, 9.17) is 11.6 Å². The van der Waals surface area contributed by atoms with Crippen molar-refractivity contribution in [2.75, 3.05) is 0 Å². The highest BCUT2D eigenvalue weighted by atomic mass is 35.5. The molecule has 3 rings (SSSR count). The fourth-order valence-corrected chi connectivity index (χ4v) is 2.42. The van der Waals surface area contributed by atoms with Crippen LogP contribution in [-0.4, -0.2) is 24.3 Å². The minimum Gasteiger partial charge on any atom is -0.327 e. The SMILES string of the molecule is Cn1cnc(CCn2c(CCl)nc3cc(F)ccc32)n1. The zero-order valence-electron chi connectivity index (χ0n) is 10.9. The summed E-state index contributed by atoms with van der Waals surface area (Å²) in [6.45, 7) is 0.661. The maximum absolute atomic E-state index is 13.2. The second-order valence-corrected chi connectivity index (χ2v) is 4.80. The number of aryl methyl sites for hydroxylation is 3. The molecular formula is C13H13ClFN5. The Bertz CT molecular complexity index is 748. The van der Waals surface area contributed by atoms with Crippen molar-refractivity contribution in [3.63, 3.8) is 0 Å². The molecule has 0 aliphatic heterocycles. The Balaban J connectivity index is 1.93. The van der Waals surface area contributed by atoms with Gasteiger partial charge in [0.25, 0.3) is 0 Å². The Morgan fingerprint density at radius 3 is 2.90 bits per heavy atom. The van der Waals surface area contributed by atoms with Gasteiger partial charge >= 0.3 is 0 Å². The summed E-state index contributed by atoms with van der Waals surface area (Å²) in [5.41, 5.74) is 1.49. The predicted octanol–water partition coefficient (Wildman–Crippen LogP) is 2.29. The van der Waals surface area contributed by atoms with Crippen LogP contribution in [0.15, 0.2) is 24.5 Å². The Hall–Kier alpha value is -1.95. The van der Waals surface area contributed by atoms with Crippen LogP contribution < -0.4 is 0 Å². The van der Waals surface area contributed by atoms with Gasteiger partial charge < -0.3 is 4.57 Å². The van der Waals surface area contributed by atoms with Crippen LogP contribution in [0, 0.1) is 5.82 Å². The Morgan fingerprint density at radius 2 is 2.20 bits per heavy atom. The van der Waals surface area contributed by atoms with Crippen LogP contribution in [0.5, 0.6) is 0 Å². The number of halogens is 2. The van der Waals surface area contributed by atoms with Crippen molar-refractivity contribution < 1.29 is 4.39 Å². The molecule has 2 aromatic heterocycles. The minimum atomic E-state index is -0.297. The maximum atomic E-state index is 13.2. The van der Waals surface area contributed by atoms with Crippen LogP contribution in [0.3, 0.4) is 0 Å². The monoisotopic (exact) mass is 293 g/mol. The van der Waals surface area contributed by atoms with E-state index in [1.165, 1.54) is 12.1 Å². The van der Waals surface area contributed by atoms with Crippen LogP contribution in [-0.2, 0) is 25.9 Å². The van der Waals surface area contributed by atoms with E-state index < -0.39 is 0 Å². The smallest absolute Gasteiger partial charge is 0.152 e. The molecule has 3 aromatic rings. The van der Waals surface area contributed by atoms with Gasteiger partial charge in [0.2, 0.25) is 0 Å². The number of benzene rings is 1. The van der Waals surface area contributed by atoms with Gasteiger partial charge in [-0.3, -0.25) is 4.68 Å². The van der Waals surface area contributed by atoms with E-state index in [1.807, 2.05) is 11.6 Å². The normalized spacial score (nSPS) is 11.3. The summed E-state index contributed by atoms with van der Waals surface area (Å²) in [5, 5.41) is 4.24. The van der Waals surface area contributed by atoms with Crippen LogP contribution in [0.25, 0.3) is 11.0 Å². The van der Waals surface area contributed by atoms with Crippen LogP contribution in [0.1, 0.15) is 11.6 Å². The third-order valence-corrected chi connectivity index (χ3v) is 3.35. The van der Waals surface area contributed by atoms with Crippen LogP contribution >= 0.6 is 11.6 Å². The van der Waals surface area contributed by atoms with Crippen molar-refractivity contribution in [2.45, 2.75) is 18.8 Å². The van der Waals surface area contributed by atoms with E-state index in [0.717, 1.165) is 17.2 Å². The molecule has 0 atom stereocenters. The first-order valence-electron chi connectivity index (χ1n) is 6.22. The highest BCUT2D eigenvalue weighted by molar-refractivity contribution is 6.16. The molecule has 0 fully saturated rings. The zero-order chi connectivity index (χ0) is 14.1. The lowest BCUT2D eigenvalue weighted by atomic mass is 10.3. The topological polar surface area (TPSA) is 48.5 Å². The molecule has 0 radical (unpaired) electrons. The fraction of sp³-hybridized carbons (Fsp3) is 0.308. The van der Waals surface area contributed by atoms with Gasteiger partial charge in [-0.05, 0) is 12.1 Å². The molecule has 0 N–H and O–H groups in total. The van der Waals surface area contributed by atoms with Crippen molar-refractivity contribution in [1.82, 2.24) is 24.3 Å². The molecule has 5 nitrogen and oxygen atoms in total. The van der Waals surface area contributed by atoms with E-state index in [-0.39, 0.29) is 11.7 Å². The summed E-state index contributed by atoms with van der Waals surface area (Å²) in [6.07, 6.45) is 2.34. The molecule has 104 valence electrons. The molecule has 1 aromatic carbocycles. The number of fused-ring (bicyclic) bond motifs is 1. The predicted molar refractivity (Wildman–Crippen MR) is 74.0 cm³/mol. The van der Waals surface area contributed by atoms with Crippen molar-refractivity contribution in [3.8, 4) is 0 Å². The lowest BCUT2D eigenvalue weighted by molar-refractivity contribution is 0.628. The lowest BCUT2D eigenvalue weighted by Gasteiger charge is -2.05. The minimum absolute atomic E-state index is 0.284. The van der Waals surface area contributed by atoms with Crippen LogP contribution in [0.2, 0.25) is 0 Å². The van der Waals surface area contributed by atoms with Gasteiger partial charge in [-0.2, -0.15) is 5.10 Å². The van der Waals surface area contributed by atoms with Crippen molar-refractivity contribution in [1.29, 1.82) is 0 Å². The summed E-state index contributed by atoms with van der Waals surface area (Å²) in [4.78, 5) is 8.54. The van der Waals surface area contributed by atoms with E-state index >= 15 is 0 Å². The first-order chi connectivity index (χ1) is 9.67. The Labute approximate surface area is 120 Å². The maximum Gasteiger partial charge on any atom is 0.152 e. The highest BCUT2D eigenvalue weighted by Gasteiger charge is 2.11. The zero-order valence-corrected chi connectivity index (χ0v) is 11.7. The average molecular weight is 294 g/mol. The molecule has 0 amide bonds. The summed E-state index contributed by atoms with van der Waals surface area (Å²) in [5.74, 6) is 1.47. The number of alkyl halides is 1. The third kappa shape index (κ3) is 2.38. The number of aromatic nitrogens is 5. The quantitative estimate of drug-likeness (QED) is 0.694. The summed E-state index contributed by atoms with van der Waals surface area (Å²) in [7, 11) is 1.83. The number of nitrogens with zero attached hydrogens (tertiary/aromatic N) is 5. The summed E-state index contributed by atoms with van der Waals surface area (Å²) in [6, 6.07) is 4.57. The van der Waals surface area contributed by atoms with Gasteiger partial charge in [-0.15, -0.1) is 11.6 Å². The Kier molecular flexibility index (Phi) is 3.40. The van der Waals surface area contributed by atoms with Gasteiger partial charge in [-0.25, -0.2) is 14.4 Å². The lowest BCUT2D eigenvalue weighted by Crippen LogP contribution is -2.06. The molecule has 0 saturated carbocycles. The number of rotatable bonds is 4. The number of imidazole rings is 1. The molecule has 7 heteroatoms. The van der Waals surface area contributed by atoms with Gasteiger partial charge in [0.05, 0.1) is 16.9 Å². The highest BCUT2D eigenvalue weighted by Crippen LogP contribution is 2.19. The van der Waals surface area contributed by atoms with E-state index in [9.17, 15) is 4.39 Å². The standard InChI is InChI=1S/C13H13ClFN5/c1-19-8-16-12(18-19)4-5-20-11-3-2-9(15)6-10(11)17-13(20)7-14/h2-3,6,8H,4-5,7H2,1H3. The second-order valence-electron chi connectivity index (χ2n) is 4.53. The first-order valence-corrected chi connectivity index (χ1v) is 6.76.